The average molecular weight is 567 g/mol. The molecule has 4 atom stereocenters. The fraction of sp³-hybridized carbons (Fsp3) is 0.286. The highest BCUT2D eigenvalue weighted by Crippen LogP contribution is 2.42. The largest absolute Gasteiger partial charge is 0.387 e. The first-order chi connectivity index (χ1) is 20.1. The van der Waals surface area contributed by atoms with E-state index in [1.807, 2.05) is 135 Å². The summed E-state index contributed by atoms with van der Waals surface area (Å²) in [4.78, 5) is 18.7. The van der Waals surface area contributed by atoms with Crippen molar-refractivity contribution < 1.29 is 15.0 Å². The SMILES string of the molecule is CN(C)c1ccc(C(C(=O)C(c2ccc(N(C)C)cc2)C(O)c2ccc(CN)cc2)C(O)c2ccc(CN)cc2)cc1. The first kappa shape index (κ1) is 30.9. The molecule has 0 aromatic heterocycles. The Hall–Kier alpha value is -4.01. The van der Waals surface area contributed by atoms with Crippen LogP contribution in [0.4, 0.5) is 11.4 Å². The molecular formula is C35H42N4O3. The summed E-state index contributed by atoms with van der Waals surface area (Å²) in [6.07, 6.45) is -2.30. The van der Waals surface area contributed by atoms with Crippen LogP contribution in [-0.4, -0.2) is 44.2 Å². The van der Waals surface area contributed by atoms with Crippen LogP contribution in [-0.2, 0) is 17.9 Å². The van der Waals surface area contributed by atoms with Gasteiger partial charge in [0.1, 0.15) is 0 Å². The van der Waals surface area contributed by atoms with E-state index < -0.39 is 24.0 Å². The highest BCUT2D eigenvalue weighted by atomic mass is 16.3. The maximum Gasteiger partial charge on any atom is 0.153 e. The lowest BCUT2D eigenvalue weighted by Gasteiger charge is -2.30. The monoisotopic (exact) mass is 566 g/mol. The number of ketones is 1. The van der Waals surface area contributed by atoms with Crippen molar-refractivity contribution in [1.29, 1.82) is 0 Å². The van der Waals surface area contributed by atoms with Gasteiger partial charge in [-0.2, -0.15) is 0 Å². The van der Waals surface area contributed by atoms with Crippen LogP contribution in [0.1, 0.15) is 57.4 Å². The molecule has 0 saturated heterocycles. The Morgan fingerprint density at radius 3 is 1.10 bits per heavy atom. The molecule has 6 N–H and O–H groups in total. The van der Waals surface area contributed by atoms with Crippen molar-refractivity contribution in [3.8, 4) is 0 Å². The summed E-state index contributed by atoms with van der Waals surface area (Å²) in [6.45, 7) is 0.760. The fourth-order valence-electron chi connectivity index (χ4n) is 5.24. The van der Waals surface area contributed by atoms with Crippen molar-refractivity contribution in [3.05, 3.63) is 130 Å². The Kier molecular flexibility index (Phi) is 10.1. The van der Waals surface area contributed by atoms with Gasteiger partial charge in [-0.25, -0.2) is 0 Å². The maximum absolute atomic E-state index is 14.8. The van der Waals surface area contributed by atoms with Crippen LogP contribution >= 0.6 is 0 Å². The minimum absolute atomic E-state index is 0.281. The normalized spacial score (nSPS) is 14.1. The smallest absolute Gasteiger partial charge is 0.153 e. The van der Waals surface area contributed by atoms with E-state index in [9.17, 15) is 15.0 Å². The van der Waals surface area contributed by atoms with Crippen LogP contribution in [0.2, 0.25) is 0 Å². The zero-order valence-electron chi connectivity index (χ0n) is 24.8. The van der Waals surface area contributed by atoms with Crippen LogP contribution in [0.5, 0.6) is 0 Å². The van der Waals surface area contributed by atoms with Gasteiger partial charge in [0.05, 0.1) is 24.0 Å². The van der Waals surface area contributed by atoms with Gasteiger partial charge in [0.25, 0.3) is 0 Å². The van der Waals surface area contributed by atoms with Crippen molar-refractivity contribution in [1.82, 2.24) is 0 Å². The number of Topliss-reactive ketones (excluding diaryl/α,β-unsaturated/α-hetero) is 1. The molecule has 0 radical (unpaired) electrons. The van der Waals surface area contributed by atoms with Crippen molar-refractivity contribution >= 4 is 17.2 Å². The number of nitrogens with two attached hydrogens (primary N) is 2. The minimum atomic E-state index is -1.15. The lowest BCUT2D eigenvalue weighted by atomic mass is 9.75. The number of hydrogen-bond donors (Lipinski definition) is 4. The van der Waals surface area contributed by atoms with E-state index in [2.05, 4.69) is 0 Å². The van der Waals surface area contributed by atoms with Gasteiger partial charge >= 0.3 is 0 Å². The summed E-state index contributed by atoms with van der Waals surface area (Å²) >= 11 is 0. The Morgan fingerprint density at radius 2 is 0.833 bits per heavy atom. The summed E-state index contributed by atoms with van der Waals surface area (Å²) in [6, 6.07) is 29.9. The number of aliphatic hydroxyl groups is 2. The quantitative estimate of drug-likeness (QED) is 0.197. The van der Waals surface area contributed by atoms with Crippen molar-refractivity contribution in [3.63, 3.8) is 0 Å². The number of anilines is 2. The lowest BCUT2D eigenvalue weighted by molar-refractivity contribution is -0.127. The zero-order valence-corrected chi connectivity index (χ0v) is 24.8. The molecular weight excluding hydrogens is 524 g/mol. The number of carbonyl (C=O) groups excluding carboxylic acids is 1. The molecule has 0 aliphatic carbocycles. The summed E-state index contributed by atoms with van der Waals surface area (Å²) in [7, 11) is 7.80. The second kappa shape index (κ2) is 13.8. The molecule has 0 aliphatic rings. The molecule has 4 rings (SSSR count). The molecule has 220 valence electrons. The van der Waals surface area contributed by atoms with Crippen LogP contribution in [0.3, 0.4) is 0 Å². The third kappa shape index (κ3) is 6.89. The molecule has 7 heteroatoms. The Labute approximate surface area is 249 Å². The van der Waals surface area contributed by atoms with Gasteiger partial charge in [-0.05, 0) is 57.6 Å². The number of carbonyl (C=O) groups is 1. The molecule has 0 aliphatic heterocycles. The summed E-state index contributed by atoms with van der Waals surface area (Å²) in [5, 5.41) is 23.6. The van der Waals surface area contributed by atoms with Gasteiger partial charge in [-0.3, -0.25) is 4.79 Å². The number of aliphatic hydroxyl groups excluding tert-OH is 2. The van der Waals surface area contributed by atoms with Crippen LogP contribution < -0.4 is 21.3 Å². The predicted molar refractivity (Wildman–Crippen MR) is 171 cm³/mol. The second-order valence-electron chi connectivity index (χ2n) is 11.1. The van der Waals surface area contributed by atoms with Gasteiger partial charge in [0, 0.05) is 52.7 Å². The molecule has 42 heavy (non-hydrogen) atoms. The minimum Gasteiger partial charge on any atom is -0.387 e. The van der Waals surface area contributed by atoms with Gasteiger partial charge in [-0.1, -0.05) is 72.8 Å². The van der Waals surface area contributed by atoms with E-state index >= 15 is 0 Å². The first-order valence-electron chi connectivity index (χ1n) is 14.2. The first-order valence-corrected chi connectivity index (χ1v) is 14.2. The van der Waals surface area contributed by atoms with E-state index in [1.54, 1.807) is 0 Å². The van der Waals surface area contributed by atoms with Gasteiger partial charge in [0.2, 0.25) is 0 Å². The van der Waals surface area contributed by atoms with Gasteiger partial charge < -0.3 is 31.5 Å². The Bertz CT molecular complexity index is 1320. The maximum atomic E-state index is 14.8. The van der Waals surface area contributed by atoms with E-state index in [0.717, 1.165) is 22.5 Å². The van der Waals surface area contributed by atoms with E-state index in [4.69, 9.17) is 11.5 Å². The van der Waals surface area contributed by atoms with Crippen molar-refractivity contribution in [2.24, 2.45) is 11.5 Å². The standard InChI is InChI=1S/C35H42N4O3/c1-38(2)29-17-13-25(14-18-29)31(33(40)27-9-5-23(21-36)6-10-27)35(42)32(26-15-19-30(20-16-26)39(3)4)34(41)28-11-7-24(22-37)8-12-28/h5-20,31-34,40-41H,21-22,36-37H2,1-4H3. The molecule has 0 fully saturated rings. The molecule has 0 saturated carbocycles. The molecule has 4 unspecified atom stereocenters. The molecule has 4 aromatic rings. The molecule has 7 nitrogen and oxygen atoms in total. The second-order valence-corrected chi connectivity index (χ2v) is 11.1. The zero-order chi connectivity index (χ0) is 30.4. The molecule has 0 heterocycles. The topological polar surface area (TPSA) is 116 Å². The van der Waals surface area contributed by atoms with Crippen LogP contribution in [0, 0.1) is 0 Å². The molecule has 0 bridgehead atoms. The average Bonchev–Trinajstić information content (AvgIpc) is 3.01. The number of hydrogen-bond acceptors (Lipinski definition) is 7. The third-order valence-corrected chi connectivity index (χ3v) is 7.90. The highest BCUT2D eigenvalue weighted by molar-refractivity contribution is 5.93. The van der Waals surface area contributed by atoms with Gasteiger partial charge in [-0.15, -0.1) is 0 Å². The van der Waals surface area contributed by atoms with E-state index in [-0.39, 0.29) is 5.78 Å². The van der Waals surface area contributed by atoms with E-state index in [1.165, 1.54) is 0 Å². The number of nitrogens with zero attached hydrogens (tertiary/aromatic N) is 2. The van der Waals surface area contributed by atoms with Crippen molar-refractivity contribution in [2.75, 3.05) is 38.0 Å². The fourth-order valence-corrected chi connectivity index (χ4v) is 5.24. The van der Waals surface area contributed by atoms with Gasteiger partial charge in [0.15, 0.2) is 5.78 Å². The number of rotatable bonds is 12. The molecule has 0 amide bonds. The summed E-state index contributed by atoms with van der Waals surface area (Å²) in [5.41, 5.74) is 17.9. The van der Waals surface area contributed by atoms with Crippen LogP contribution in [0.25, 0.3) is 0 Å². The summed E-state index contributed by atoms with van der Waals surface area (Å²) in [5.74, 6) is -2.17. The van der Waals surface area contributed by atoms with Crippen LogP contribution in [0.15, 0.2) is 97.1 Å². The molecule has 4 aromatic carbocycles. The highest BCUT2D eigenvalue weighted by Gasteiger charge is 2.39. The lowest BCUT2D eigenvalue weighted by Crippen LogP contribution is -2.30. The third-order valence-electron chi connectivity index (χ3n) is 7.90. The Balaban J connectivity index is 1.84. The van der Waals surface area contributed by atoms with Crippen molar-refractivity contribution in [2.45, 2.75) is 37.1 Å². The van der Waals surface area contributed by atoms with E-state index in [0.29, 0.717) is 35.3 Å². The number of benzene rings is 4. The molecule has 0 spiro atoms. The summed E-state index contributed by atoms with van der Waals surface area (Å²) < 4.78 is 0. The Morgan fingerprint density at radius 1 is 0.548 bits per heavy atom. The predicted octanol–water partition coefficient (Wildman–Crippen LogP) is 4.64.